The van der Waals surface area contributed by atoms with Crippen LogP contribution in [0.5, 0.6) is 0 Å². The van der Waals surface area contributed by atoms with Gasteiger partial charge in [0.2, 0.25) is 0 Å². The maximum Gasteiger partial charge on any atom is 0.337 e. The molecule has 1 aliphatic carbocycles. The second-order valence-corrected chi connectivity index (χ2v) is 5.38. The first-order chi connectivity index (χ1) is 11.2. The standard InChI is InChI=1S/C17H17N3O3/c1-23-17(22)11-3-2-4-13(9-11)19-14-7-8-15(18-10-14)16(21)20-12-5-6-12/h2-4,7-10,12,19H,5-6H2,1H3,(H,20,21). The molecule has 0 atom stereocenters. The van der Waals surface area contributed by atoms with Gasteiger partial charge in [0.05, 0.1) is 24.6 Å². The zero-order chi connectivity index (χ0) is 16.2. The zero-order valence-corrected chi connectivity index (χ0v) is 12.7. The van der Waals surface area contributed by atoms with Crippen LogP contribution in [-0.4, -0.2) is 30.0 Å². The first-order valence-electron chi connectivity index (χ1n) is 7.38. The first kappa shape index (κ1) is 15.0. The Morgan fingerprint density at radius 3 is 2.65 bits per heavy atom. The summed E-state index contributed by atoms with van der Waals surface area (Å²) < 4.78 is 4.70. The van der Waals surface area contributed by atoms with Gasteiger partial charge in [0.1, 0.15) is 5.69 Å². The molecule has 0 bridgehead atoms. The van der Waals surface area contributed by atoms with Crippen molar-refractivity contribution in [3.05, 3.63) is 53.9 Å². The molecule has 1 aliphatic rings. The Balaban J connectivity index is 1.68. The number of ether oxygens (including phenoxy) is 1. The van der Waals surface area contributed by atoms with Crippen LogP contribution in [0.3, 0.4) is 0 Å². The van der Waals surface area contributed by atoms with Crippen LogP contribution < -0.4 is 10.6 Å². The number of nitrogens with zero attached hydrogens (tertiary/aromatic N) is 1. The predicted molar refractivity (Wildman–Crippen MR) is 85.8 cm³/mol. The van der Waals surface area contributed by atoms with Crippen molar-refractivity contribution in [3.63, 3.8) is 0 Å². The average Bonchev–Trinajstić information content (AvgIpc) is 3.39. The van der Waals surface area contributed by atoms with Crippen molar-refractivity contribution < 1.29 is 14.3 Å². The highest BCUT2D eigenvalue weighted by Crippen LogP contribution is 2.20. The van der Waals surface area contributed by atoms with E-state index in [2.05, 4.69) is 15.6 Å². The summed E-state index contributed by atoms with van der Waals surface area (Å²) in [6, 6.07) is 10.7. The van der Waals surface area contributed by atoms with Gasteiger partial charge in [-0.15, -0.1) is 0 Å². The molecule has 0 radical (unpaired) electrons. The van der Waals surface area contributed by atoms with Gasteiger partial charge in [0.15, 0.2) is 0 Å². The minimum atomic E-state index is -0.390. The topological polar surface area (TPSA) is 80.3 Å². The smallest absolute Gasteiger partial charge is 0.337 e. The lowest BCUT2D eigenvalue weighted by Crippen LogP contribution is -2.26. The fourth-order valence-corrected chi connectivity index (χ4v) is 2.10. The van der Waals surface area contributed by atoms with Crippen molar-refractivity contribution in [2.45, 2.75) is 18.9 Å². The second-order valence-electron chi connectivity index (χ2n) is 5.38. The number of benzene rings is 1. The van der Waals surface area contributed by atoms with Crippen molar-refractivity contribution in [1.29, 1.82) is 0 Å². The van der Waals surface area contributed by atoms with Crippen LogP contribution in [0.1, 0.15) is 33.7 Å². The van der Waals surface area contributed by atoms with Gasteiger partial charge in [-0.2, -0.15) is 0 Å². The molecule has 1 aromatic heterocycles. The van der Waals surface area contributed by atoms with Crippen molar-refractivity contribution in [1.82, 2.24) is 10.3 Å². The van der Waals surface area contributed by atoms with Gasteiger partial charge in [-0.3, -0.25) is 4.79 Å². The van der Waals surface area contributed by atoms with E-state index in [1.54, 1.807) is 36.5 Å². The first-order valence-corrected chi connectivity index (χ1v) is 7.38. The number of nitrogens with one attached hydrogen (secondary N) is 2. The van der Waals surface area contributed by atoms with Gasteiger partial charge < -0.3 is 15.4 Å². The van der Waals surface area contributed by atoms with Crippen molar-refractivity contribution in [2.24, 2.45) is 0 Å². The lowest BCUT2D eigenvalue weighted by Gasteiger charge is -2.08. The maximum absolute atomic E-state index is 11.9. The number of aromatic nitrogens is 1. The van der Waals surface area contributed by atoms with E-state index in [1.807, 2.05) is 6.07 Å². The molecular formula is C17H17N3O3. The van der Waals surface area contributed by atoms with Crippen molar-refractivity contribution >= 4 is 23.3 Å². The highest BCUT2D eigenvalue weighted by Gasteiger charge is 2.24. The molecule has 3 rings (SSSR count). The summed E-state index contributed by atoms with van der Waals surface area (Å²) in [5, 5.41) is 6.03. The second kappa shape index (κ2) is 6.48. The SMILES string of the molecule is COC(=O)c1cccc(Nc2ccc(C(=O)NC3CC3)nc2)c1. The normalized spacial score (nSPS) is 13.3. The molecular weight excluding hydrogens is 294 g/mol. The van der Waals surface area contributed by atoms with Crippen LogP contribution in [-0.2, 0) is 4.74 Å². The molecule has 118 valence electrons. The molecule has 23 heavy (non-hydrogen) atoms. The van der Waals surface area contributed by atoms with Crippen LogP contribution in [0.4, 0.5) is 11.4 Å². The Hall–Kier alpha value is -2.89. The monoisotopic (exact) mass is 311 g/mol. The Bertz CT molecular complexity index is 724. The zero-order valence-electron chi connectivity index (χ0n) is 12.7. The largest absolute Gasteiger partial charge is 0.465 e. The van der Waals surface area contributed by atoms with E-state index in [-0.39, 0.29) is 11.9 Å². The van der Waals surface area contributed by atoms with E-state index < -0.39 is 0 Å². The number of methoxy groups -OCH3 is 1. The van der Waals surface area contributed by atoms with Gasteiger partial charge in [-0.05, 0) is 43.2 Å². The minimum Gasteiger partial charge on any atom is -0.465 e. The Morgan fingerprint density at radius 1 is 1.17 bits per heavy atom. The third-order valence-corrected chi connectivity index (χ3v) is 3.48. The number of rotatable bonds is 5. The molecule has 2 N–H and O–H groups in total. The van der Waals surface area contributed by atoms with E-state index in [4.69, 9.17) is 4.74 Å². The highest BCUT2D eigenvalue weighted by molar-refractivity contribution is 5.93. The lowest BCUT2D eigenvalue weighted by molar-refractivity contribution is 0.0600. The molecule has 6 heteroatoms. The summed E-state index contributed by atoms with van der Waals surface area (Å²) >= 11 is 0. The maximum atomic E-state index is 11.9. The number of hydrogen-bond acceptors (Lipinski definition) is 5. The summed E-state index contributed by atoms with van der Waals surface area (Å²) in [6.07, 6.45) is 3.68. The van der Waals surface area contributed by atoms with Crippen molar-refractivity contribution in [3.8, 4) is 0 Å². The molecule has 1 amide bonds. The van der Waals surface area contributed by atoms with Crippen LogP contribution in [0.2, 0.25) is 0 Å². The number of anilines is 2. The molecule has 0 aliphatic heterocycles. The minimum absolute atomic E-state index is 0.147. The average molecular weight is 311 g/mol. The van der Waals surface area contributed by atoms with Gasteiger partial charge in [0, 0.05) is 11.7 Å². The number of amides is 1. The molecule has 1 aromatic carbocycles. The van der Waals surface area contributed by atoms with Crippen LogP contribution in [0.25, 0.3) is 0 Å². The number of esters is 1. The Labute approximate surface area is 133 Å². The quantitative estimate of drug-likeness (QED) is 0.829. The van der Waals surface area contributed by atoms with Gasteiger partial charge in [-0.1, -0.05) is 6.07 Å². The molecule has 1 saturated carbocycles. The summed E-state index contributed by atoms with van der Waals surface area (Å²) in [5.41, 5.74) is 2.33. The third-order valence-electron chi connectivity index (χ3n) is 3.48. The third kappa shape index (κ3) is 3.85. The fourth-order valence-electron chi connectivity index (χ4n) is 2.10. The number of pyridine rings is 1. The van der Waals surface area contributed by atoms with Gasteiger partial charge >= 0.3 is 5.97 Å². The Morgan fingerprint density at radius 2 is 2.00 bits per heavy atom. The predicted octanol–water partition coefficient (Wildman–Crippen LogP) is 2.50. The molecule has 1 fully saturated rings. The molecule has 6 nitrogen and oxygen atoms in total. The van der Waals surface area contributed by atoms with E-state index in [9.17, 15) is 9.59 Å². The highest BCUT2D eigenvalue weighted by atomic mass is 16.5. The van der Waals surface area contributed by atoms with Gasteiger partial charge in [-0.25, -0.2) is 9.78 Å². The number of carbonyl (C=O) groups is 2. The van der Waals surface area contributed by atoms with Crippen molar-refractivity contribution in [2.75, 3.05) is 12.4 Å². The van der Waals surface area contributed by atoms with Crippen LogP contribution in [0, 0.1) is 0 Å². The fraction of sp³-hybridized carbons (Fsp3) is 0.235. The summed E-state index contributed by atoms with van der Waals surface area (Å²) in [5.74, 6) is -0.536. The lowest BCUT2D eigenvalue weighted by atomic mass is 10.2. The molecule has 0 unspecified atom stereocenters. The molecule has 1 heterocycles. The van der Waals surface area contributed by atoms with E-state index in [1.165, 1.54) is 7.11 Å². The van der Waals surface area contributed by atoms with Crippen LogP contribution >= 0.6 is 0 Å². The molecule has 0 saturated heterocycles. The number of hydrogen-bond donors (Lipinski definition) is 2. The van der Waals surface area contributed by atoms with Gasteiger partial charge in [0.25, 0.3) is 5.91 Å². The Kier molecular flexibility index (Phi) is 4.23. The summed E-state index contributed by atoms with van der Waals surface area (Å²) in [7, 11) is 1.35. The van der Waals surface area contributed by atoms with E-state index >= 15 is 0 Å². The summed E-state index contributed by atoms with van der Waals surface area (Å²) in [4.78, 5) is 27.6. The van der Waals surface area contributed by atoms with Crippen LogP contribution in [0.15, 0.2) is 42.6 Å². The van der Waals surface area contributed by atoms with E-state index in [0.29, 0.717) is 17.3 Å². The number of carbonyl (C=O) groups excluding carboxylic acids is 2. The van der Waals surface area contributed by atoms with E-state index in [0.717, 1.165) is 24.2 Å². The molecule has 2 aromatic rings. The molecule has 0 spiro atoms. The summed E-state index contributed by atoms with van der Waals surface area (Å²) in [6.45, 7) is 0.